The van der Waals surface area contributed by atoms with E-state index in [1.165, 1.54) is 0 Å². The van der Waals surface area contributed by atoms with Gasteiger partial charge in [-0.3, -0.25) is 0 Å². The lowest BCUT2D eigenvalue weighted by atomic mass is 10.2. The first-order chi connectivity index (χ1) is 8.65. The van der Waals surface area contributed by atoms with Crippen molar-refractivity contribution < 1.29 is 0 Å². The van der Waals surface area contributed by atoms with Crippen LogP contribution in [-0.4, -0.2) is 38.7 Å². The molecule has 0 atom stereocenters. The summed E-state index contributed by atoms with van der Waals surface area (Å²) in [6, 6.07) is 5.67. The summed E-state index contributed by atoms with van der Waals surface area (Å²) in [5.74, 6) is 0. The fourth-order valence-electron chi connectivity index (χ4n) is 1.58. The lowest BCUT2D eigenvalue weighted by molar-refractivity contribution is 0.304. The van der Waals surface area contributed by atoms with Crippen LogP contribution in [0.3, 0.4) is 0 Å². The van der Waals surface area contributed by atoms with Crippen LogP contribution in [-0.2, 0) is 13.1 Å². The average Bonchev–Trinajstić information content (AvgIpc) is 2.84. The molecule has 0 aliphatic heterocycles. The molecule has 0 spiro atoms. The molecule has 18 heavy (non-hydrogen) atoms. The van der Waals surface area contributed by atoms with E-state index in [0.29, 0.717) is 10.0 Å². The van der Waals surface area contributed by atoms with Gasteiger partial charge in [-0.05, 0) is 35.2 Å². The Morgan fingerprint density at radius 1 is 1.28 bits per heavy atom. The maximum Gasteiger partial charge on any atom is 0.138 e. The Labute approximate surface area is 115 Å². The normalized spacial score (nSPS) is 11.1. The fourth-order valence-corrected chi connectivity index (χ4v) is 1.91. The minimum absolute atomic E-state index is 0.580. The highest BCUT2D eigenvalue weighted by atomic mass is 35.5. The molecule has 1 aromatic carbocycles. The molecule has 7 heteroatoms. The van der Waals surface area contributed by atoms with Crippen LogP contribution in [0.25, 0.3) is 0 Å². The summed E-state index contributed by atoms with van der Waals surface area (Å²) in [7, 11) is 2.03. The Balaban J connectivity index is 1.86. The van der Waals surface area contributed by atoms with Gasteiger partial charge in [-0.15, -0.1) is 5.10 Å². The number of rotatable bonds is 5. The van der Waals surface area contributed by atoms with Crippen molar-refractivity contribution in [2.45, 2.75) is 13.1 Å². The predicted octanol–water partition coefficient (Wildman–Crippen LogP) is 2.11. The molecule has 0 amide bonds. The van der Waals surface area contributed by atoms with Crippen LogP contribution in [0.5, 0.6) is 0 Å². The van der Waals surface area contributed by atoms with Crippen LogP contribution in [0.4, 0.5) is 0 Å². The third kappa shape index (κ3) is 3.66. The Morgan fingerprint density at radius 3 is 2.78 bits per heavy atom. The molecule has 0 saturated heterocycles. The summed E-state index contributed by atoms with van der Waals surface area (Å²) in [5.41, 5.74) is 1.13. The number of halogens is 2. The zero-order chi connectivity index (χ0) is 13.0. The largest absolute Gasteiger partial charge is 0.300 e. The monoisotopic (exact) mass is 285 g/mol. The fraction of sp³-hybridized carbons (Fsp3) is 0.364. The van der Waals surface area contributed by atoms with Crippen molar-refractivity contribution in [2.24, 2.45) is 0 Å². The topological polar surface area (TPSA) is 46.8 Å². The van der Waals surface area contributed by atoms with Gasteiger partial charge in [0.05, 0.1) is 16.6 Å². The van der Waals surface area contributed by atoms with Crippen molar-refractivity contribution in [1.82, 2.24) is 25.1 Å². The van der Waals surface area contributed by atoms with Gasteiger partial charge >= 0.3 is 0 Å². The first kappa shape index (κ1) is 13.3. The second kappa shape index (κ2) is 6.13. The van der Waals surface area contributed by atoms with Gasteiger partial charge in [-0.2, -0.15) is 0 Å². The second-order valence-corrected chi connectivity index (χ2v) is 4.87. The number of benzene rings is 1. The number of hydrogen-bond acceptors (Lipinski definition) is 4. The summed E-state index contributed by atoms with van der Waals surface area (Å²) in [5, 5.41) is 12.2. The standard InChI is InChI=1S/C11H13Cl2N5/c1-17(4-5-18-8-14-15-16-18)7-9-2-3-10(12)11(13)6-9/h2-3,6,8H,4-5,7H2,1H3. The number of likely N-dealkylation sites (N-methyl/N-ethyl adjacent to an activating group) is 1. The van der Waals surface area contributed by atoms with Crippen LogP contribution in [0.1, 0.15) is 5.56 Å². The molecule has 0 radical (unpaired) electrons. The van der Waals surface area contributed by atoms with E-state index in [0.717, 1.165) is 25.2 Å². The smallest absolute Gasteiger partial charge is 0.138 e. The minimum atomic E-state index is 0.580. The summed E-state index contributed by atoms with van der Waals surface area (Å²) in [6.07, 6.45) is 1.60. The molecule has 0 aliphatic rings. The van der Waals surface area contributed by atoms with Crippen molar-refractivity contribution in [3.8, 4) is 0 Å². The van der Waals surface area contributed by atoms with Crippen molar-refractivity contribution >= 4 is 23.2 Å². The molecule has 0 aliphatic carbocycles. The lowest BCUT2D eigenvalue weighted by Crippen LogP contribution is -2.23. The molecule has 5 nitrogen and oxygen atoms in total. The zero-order valence-corrected chi connectivity index (χ0v) is 11.4. The van der Waals surface area contributed by atoms with Crippen LogP contribution >= 0.6 is 23.2 Å². The third-order valence-electron chi connectivity index (χ3n) is 2.54. The molecule has 2 aromatic rings. The van der Waals surface area contributed by atoms with Crippen LogP contribution in [0.15, 0.2) is 24.5 Å². The van der Waals surface area contributed by atoms with Gasteiger partial charge in [0, 0.05) is 13.1 Å². The second-order valence-electron chi connectivity index (χ2n) is 4.06. The lowest BCUT2D eigenvalue weighted by Gasteiger charge is -2.16. The maximum absolute atomic E-state index is 5.97. The number of tetrazole rings is 1. The van der Waals surface area contributed by atoms with E-state index in [-0.39, 0.29) is 0 Å². The van der Waals surface area contributed by atoms with Crippen molar-refractivity contribution in [3.63, 3.8) is 0 Å². The highest BCUT2D eigenvalue weighted by molar-refractivity contribution is 6.42. The Kier molecular flexibility index (Phi) is 4.52. The van der Waals surface area contributed by atoms with Crippen LogP contribution < -0.4 is 0 Å². The molecule has 0 saturated carbocycles. The van der Waals surface area contributed by atoms with E-state index in [1.807, 2.05) is 25.2 Å². The van der Waals surface area contributed by atoms with Crippen LogP contribution in [0.2, 0.25) is 10.0 Å². The van der Waals surface area contributed by atoms with Gasteiger partial charge in [0.25, 0.3) is 0 Å². The number of hydrogen-bond donors (Lipinski definition) is 0. The first-order valence-electron chi connectivity index (χ1n) is 5.48. The molecular formula is C11H13Cl2N5. The van der Waals surface area contributed by atoms with Gasteiger partial charge in [-0.25, -0.2) is 4.68 Å². The molecule has 1 aromatic heterocycles. The summed E-state index contributed by atoms with van der Waals surface area (Å²) in [4.78, 5) is 2.17. The molecule has 0 N–H and O–H groups in total. The van der Waals surface area contributed by atoms with Gasteiger partial charge in [0.1, 0.15) is 6.33 Å². The number of nitrogens with zero attached hydrogens (tertiary/aromatic N) is 5. The van der Waals surface area contributed by atoms with Crippen molar-refractivity contribution in [2.75, 3.05) is 13.6 Å². The van der Waals surface area contributed by atoms with E-state index in [2.05, 4.69) is 20.4 Å². The highest BCUT2D eigenvalue weighted by Gasteiger charge is 2.04. The minimum Gasteiger partial charge on any atom is -0.300 e. The Bertz CT molecular complexity index is 500. The molecule has 0 fully saturated rings. The summed E-state index contributed by atoms with van der Waals surface area (Å²) in [6.45, 7) is 2.41. The van der Waals surface area contributed by atoms with Gasteiger partial charge < -0.3 is 4.90 Å². The van der Waals surface area contributed by atoms with Gasteiger partial charge in [0.15, 0.2) is 0 Å². The summed E-state index contributed by atoms with van der Waals surface area (Å²) < 4.78 is 1.70. The SMILES string of the molecule is CN(CCn1cnnn1)Cc1ccc(Cl)c(Cl)c1. The van der Waals surface area contributed by atoms with E-state index < -0.39 is 0 Å². The Morgan fingerprint density at radius 2 is 2.11 bits per heavy atom. The van der Waals surface area contributed by atoms with E-state index in [1.54, 1.807) is 11.0 Å². The van der Waals surface area contributed by atoms with E-state index in [4.69, 9.17) is 23.2 Å². The van der Waals surface area contributed by atoms with Gasteiger partial charge in [0.2, 0.25) is 0 Å². The van der Waals surface area contributed by atoms with Crippen molar-refractivity contribution in [1.29, 1.82) is 0 Å². The molecule has 2 rings (SSSR count). The molecule has 0 unspecified atom stereocenters. The first-order valence-corrected chi connectivity index (χ1v) is 6.24. The molecule has 1 heterocycles. The zero-order valence-electron chi connectivity index (χ0n) is 9.92. The molecular weight excluding hydrogens is 273 g/mol. The predicted molar refractivity (Wildman–Crippen MR) is 70.6 cm³/mol. The highest BCUT2D eigenvalue weighted by Crippen LogP contribution is 2.22. The third-order valence-corrected chi connectivity index (χ3v) is 3.28. The summed E-state index contributed by atoms with van der Waals surface area (Å²) >= 11 is 11.8. The van der Waals surface area contributed by atoms with Crippen molar-refractivity contribution in [3.05, 3.63) is 40.1 Å². The quantitative estimate of drug-likeness (QED) is 0.844. The van der Waals surface area contributed by atoms with E-state index >= 15 is 0 Å². The maximum atomic E-state index is 5.97. The van der Waals surface area contributed by atoms with Crippen LogP contribution in [0, 0.1) is 0 Å². The molecule has 96 valence electrons. The molecule has 0 bridgehead atoms. The average molecular weight is 286 g/mol. The number of aromatic nitrogens is 4. The van der Waals surface area contributed by atoms with Gasteiger partial charge in [-0.1, -0.05) is 29.3 Å². The van der Waals surface area contributed by atoms with E-state index in [9.17, 15) is 0 Å². The Hall–Kier alpha value is -1.17.